The summed E-state index contributed by atoms with van der Waals surface area (Å²) in [7, 11) is 0. The minimum atomic E-state index is -0.0111. The Morgan fingerprint density at radius 3 is 2.65 bits per heavy atom. The summed E-state index contributed by atoms with van der Waals surface area (Å²) in [5, 5.41) is 9.08. The molecule has 2 rings (SSSR count). The molecule has 1 aromatic carbocycles. The van der Waals surface area contributed by atoms with Gasteiger partial charge in [-0.1, -0.05) is 26.0 Å². The zero-order valence-electron chi connectivity index (χ0n) is 12.5. The maximum Gasteiger partial charge on any atom is 0.124 e. The van der Waals surface area contributed by atoms with Gasteiger partial charge >= 0.3 is 0 Å². The molecule has 0 spiro atoms. The molecule has 4 nitrogen and oxygen atoms in total. The second kappa shape index (κ2) is 6.53. The van der Waals surface area contributed by atoms with Crippen LogP contribution in [0.2, 0.25) is 0 Å². The van der Waals surface area contributed by atoms with Crippen molar-refractivity contribution in [3.05, 3.63) is 30.1 Å². The van der Waals surface area contributed by atoms with Crippen LogP contribution in [0.15, 0.2) is 24.3 Å². The average Bonchev–Trinajstić information content (AvgIpc) is 2.82. The van der Waals surface area contributed by atoms with E-state index in [2.05, 4.69) is 35.5 Å². The van der Waals surface area contributed by atoms with Gasteiger partial charge in [0.25, 0.3) is 0 Å². The van der Waals surface area contributed by atoms with Crippen molar-refractivity contribution < 1.29 is 0 Å². The number of rotatable bonds is 6. The third kappa shape index (κ3) is 3.00. The fourth-order valence-corrected chi connectivity index (χ4v) is 2.41. The van der Waals surface area contributed by atoms with Crippen molar-refractivity contribution in [2.75, 3.05) is 13.1 Å². The number of para-hydroxylation sites is 2. The first kappa shape index (κ1) is 14.5. The van der Waals surface area contributed by atoms with Gasteiger partial charge in [0.2, 0.25) is 0 Å². The molecule has 4 heteroatoms. The highest BCUT2D eigenvalue weighted by atomic mass is 15.2. The van der Waals surface area contributed by atoms with Crippen molar-refractivity contribution in [2.24, 2.45) is 5.92 Å². The lowest BCUT2D eigenvalue weighted by Gasteiger charge is -2.19. The zero-order chi connectivity index (χ0) is 14.5. The molecule has 0 fully saturated rings. The topological polar surface area (TPSA) is 44.9 Å². The standard InChI is InChI=1S/C16H22N4/c1-4-19(5-2)12-16-18-14-8-6-7-9-15(14)20(16)11-13(3)10-17/h6-9,13H,4-5,11-12H2,1-3H3. The van der Waals surface area contributed by atoms with Gasteiger partial charge in [0.15, 0.2) is 0 Å². The van der Waals surface area contributed by atoms with Crippen molar-refractivity contribution in [2.45, 2.75) is 33.9 Å². The summed E-state index contributed by atoms with van der Waals surface area (Å²) in [6.45, 7) is 9.83. The molecule has 0 aliphatic rings. The Kier molecular flexibility index (Phi) is 4.75. The second-order valence-corrected chi connectivity index (χ2v) is 5.12. The highest BCUT2D eigenvalue weighted by molar-refractivity contribution is 5.75. The molecule has 0 amide bonds. The van der Waals surface area contributed by atoms with Crippen LogP contribution in [0, 0.1) is 17.2 Å². The molecule has 0 saturated carbocycles. The summed E-state index contributed by atoms with van der Waals surface area (Å²) in [4.78, 5) is 7.09. The van der Waals surface area contributed by atoms with E-state index < -0.39 is 0 Å². The molecule has 0 radical (unpaired) electrons. The van der Waals surface area contributed by atoms with Gasteiger partial charge in [-0.2, -0.15) is 5.26 Å². The molecule has 106 valence electrons. The van der Waals surface area contributed by atoms with E-state index in [1.807, 2.05) is 25.1 Å². The number of benzene rings is 1. The van der Waals surface area contributed by atoms with Crippen LogP contribution in [0.25, 0.3) is 11.0 Å². The first-order valence-electron chi connectivity index (χ1n) is 7.25. The highest BCUT2D eigenvalue weighted by Crippen LogP contribution is 2.19. The van der Waals surface area contributed by atoms with Crippen LogP contribution in [-0.2, 0) is 13.1 Å². The number of nitriles is 1. The Morgan fingerprint density at radius 2 is 2.00 bits per heavy atom. The van der Waals surface area contributed by atoms with Gasteiger partial charge in [0.05, 0.1) is 29.6 Å². The smallest absolute Gasteiger partial charge is 0.124 e. The largest absolute Gasteiger partial charge is 0.326 e. The SMILES string of the molecule is CCN(CC)Cc1nc2ccccc2n1CC(C)C#N. The van der Waals surface area contributed by atoms with Crippen molar-refractivity contribution in [3.63, 3.8) is 0 Å². The molecule has 2 aromatic rings. The van der Waals surface area contributed by atoms with Crippen LogP contribution in [0.4, 0.5) is 0 Å². The molecule has 0 N–H and O–H groups in total. The van der Waals surface area contributed by atoms with Crippen LogP contribution < -0.4 is 0 Å². The molecule has 1 heterocycles. The lowest BCUT2D eigenvalue weighted by atomic mass is 10.2. The third-order valence-corrected chi connectivity index (χ3v) is 3.67. The predicted molar refractivity (Wildman–Crippen MR) is 81.1 cm³/mol. The summed E-state index contributed by atoms with van der Waals surface area (Å²) < 4.78 is 2.20. The molecule has 0 aliphatic heterocycles. The molecular weight excluding hydrogens is 248 g/mol. The quantitative estimate of drug-likeness (QED) is 0.810. The zero-order valence-corrected chi connectivity index (χ0v) is 12.5. The fraction of sp³-hybridized carbons (Fsp3) is 0.500. The number of hydrogen-bond donors (Lipinski definition) is 0. The van der Waals surface area contributed by atoms with Crippen molar-refractivity contribution in [3.8, 4) is 6.07 Å². The number of nitrogens with zero attached hydrogens (tertiary/aromatic N) is 4. The normalized spacial score (nSPS) is 12.8. The molecule has 1 aromatic heterocycles. The van der Waals surface area contributed by atoms with Gasteiger partial charge in [-0.3, -0.25) is 4.90 Å². The highest BCUT2D eigenvalue weighted by Gasteiger charge is 2.14. The van der Waals surface area contributed by atoms with Gasteiger partial charge in [-0.25, -0.2) is 4.98 Å². The van der Waals surface area contributed by atoms with E-state index in [-0.39, 0.29) is 5.92 Å². The van der Waals surface area contributed by atoms with Gasteiger partial charge in [0, 0.05) is 6.54 Å². The predicted octanol–water partition coefficient (Wildman–Crippen LogP) is 3.04. The maximum atomic E-state index is 9.08. The average molecular weight is 270 g/mol. The van der Waals surface area contributed by atoms with Gasteiger partial charge in [-0.15, -0.1) is 0 Å². The Bertz CT molecular complexity index is 604. The Balaban J connectivity index is 2.41. The number of hydrogen-bond acceptors (Lipinski definition) is 3. The molecular formula is C16H22N4. The third-order valence-electron chi connectivity index (χ3n) is 3.67. The summed E-state index contributed by atoms with van der Waals surface area (Å²) >= 11 is 0. The Hall–Kier alpha value is -1.86. The van der Waals surface area contributed by atoms with E-state index in [4.69, 9.17) is 10.2 Å². The lowest BCUT2D eigenvalue weighted by molar-refractivity contribution is 0.283. The monoisotopic (exact) mass is 270 g/mol. The second-order valence-electron chi connectivity index (χ2n) is 5.12. The molecule has 0 aliphatic carbocycles. The van der Waals surface area contributed by atoms with E-state index >= 15 is 0 Å². The summed E-state index contributed by atoms with van der Waals surface area (Å²) in [5.41, 5.74) is 2.14. The van der Waals surface area contributed by atoms with Crippen molar-refractivity contribution in [1.82, 2.24) is 14.5 Å². The number of imidazole rings is 1. The van der Waals surface area contributed by atoms with Crippen LogP contribution in [0.3, 0.4) is 0 Å². The van der Waals surface area contributed by atoms with Gasteiger partial charge in [0.1, 0.15) is 5.82 Å². The lowest BCUT2D eigenvalue weighted by Crippen LogP contribution is -2.25. The number of aromatic nitrogens is 2. The van der Waals surface area contributed by atoms with E-state index in [1.165, 1.54) is 0 Å². The maximum absolute atomic E-state index is 9.08. The molecule has 1 atom stereocenters. The summed E-state index contributed by atoms with van der Waals surface area (Å²) in [5.74, 6) is 1.04. The first-order valence-corrected chi connectivity index (χ1v) is 7.25. The van der Waals surface area contributed by atoms with Crippen LogP contribution in [-0.4, -0.2) is 27.5 Å². The summed E-state index contributed by atoms with van der Waals surface area (Å²) in [6, 6.07) is 10.5. The van der Waals surface area contributed by atoms with E-state index in [0.29, 0.717) is 6.54 Å². The summed E-state index contributed by atoms with van der Waals surface area (Å²) in [6.07, 6.45) is 0. The van der Waals surface area contributed by atoms with Crippen molar-refractivity contribution in [1.29, 1.82) is 5.26 Å². The Labute approximate surface area is 120 Å². The van der Waals surface area contributed by atoms with E-state index in [0.717, 1.165) is 36.5 Å². The molecule has 20 heavy (non-hydrogen) atoms. The minimum Gasteiger partial charge on any atom is -0.326 e. The Morgan fingerprint density at radius 1 is 1.30 bits per heavy atom. The van der Waals surface area contributed by atoms with Gasteiger partial charge < -0.3 is 4.57 Å². The van der Waals surface area contributed by atoms with Crippen LogP contribution in [0.1, 0.15) is 26.6 Å². The molecule has 1 unspecified atom stereocenters. The van der Waals surface area contributed by atoms with E-state index in [9.17, 15) is 0 Å². The molecule has 0 saturated heterocycles. The minimum absolute atomic E-state index is 0.0111. The molecule has 0 bridgehead atoms. The van der Waals surface area contributed by atoms with Crippen molar-refractivity contribution >= 4 is 11.0 Å². The number of fused-ring (bicyclic) bond motifs is 1. The van der Waals surface area contributed by atoms with E-state index in [1.54, 1.807) is 0 Å². The van der Waals surface area contributed by atoms with Gasteiger partial charge in [-0.05, 0) is 32.1 Å². The first-order chi connectivity index (χ1) is 9.69. The van der Waals surface area contributed by atoms with Crippen LogP contribution in [0.5, 0.6) is 0 Å². The fourth-order valence-electron chi connectivity index (χ4n) is 2.41. The van der Waals surface area contributed by atoms with Crippen LogP contribution >= 0.6 is 0 Å².